The van der Waals surface area contributed by atoms with Gasteiger partial charge in [-0.05, 0) is 62.8 Å². The fraction of sp³-hybridized carbons (Fsp3) is 0.696. The van der Waals surface area contributed by atoms with Gasteiger partial charge in [-0.1, -0.05) is 12.8 Å². The number of carbonyl (C=O) groups is 1. The number of piperazine rings is 1. The molecular formula is C23H35N3O2. The van der Waals surface area contributed by atoms with Crippen LogP contribution < -0.4 is 10.1 Å². The van der Waals surface area contributed by atoms with Crippen LogP contribution in [-0.2, 0) is 4.79 Å². The Bertz CT molecular complexity index is 626. The smallest absolute Gasteiger partial charge is 0.225 e. The summed E-state index contributed by atoms with van der Waals surface area (Å²) in [5, 5.41) is 3.62. The van der Waals surface area contributed by atoms with Gasteiger partial charge in [0, 0.05) is 49.9 Å². The fourth-order valence-corrected chi connectivity index (χ4v) is 5.24. The second kappa shape index (κ2) is 9.17. The molecule has 0 unspecified atom stereocenters. The number of benzene rings is 1. The molecule has 0 bridgehead atoms. The molecule has 2 aliphatic carbocycles. The summed E-state index contributed by atoms with van der Waals surface area (Å²) in [6, 6.07) is 9.37. The normalized spacial score (nSPS) is 27.0. The first-order chi connectivity index (χ1) is 13.7. The molecular weight excluding hydrogens is 350 g/mol. The number of ether oxygens (including phenoxy) is 1. The maximum absolute atomic E-state index is 13.0. The molecule has 1 saturated heterocycles. The van der Waals surface area contributed by atoms with Crippen molar-refractivity contribution < 1.29 is 9.53 Å². The molecule has 5 heteroatoms. The lowest BCUT2D eigenvalue weighted by Gasteiger charge is -2.40. The van der Waals surface area contributed by atoms with Crippen molar-refractivity contribution in [2.75, 3.05) is 38.6 Å². The van der Waals surface area contributed by atoms with E-state index in [1.54, 1.807) is 7.11 Å². The monoisotopic (exact) mass is 385 g/mol. The lowest BCUT2D eigenvalue weighted by molar-refractivity contribution is -0.138. The van der Waals surface area contributed by atoms with Crippen LogP contribution in [-0.4, -0.2) is 61.1 Å². The van der Waals surface area contributed by atoms with Crippen molar-refractivity contribution in [2.24, 2.45) is 5.92 Å². The second-order valence-electron chi connectivity index (χ2n) is 8.72. The molecule has 0 atom stereocenters. The Balaban J connectivity index is 1.20. The maximum atomic E-state index is 13.0. The van der Waals surface area contributed by atoms with Crippen LogP contribution in [0.25, 0.3) is 0 Å². The molecule has 3 fully saturated rings. The first-order valence-corrected chi connectivity index (χ1v) is 11.2. The summed E-state index contributed by atoms with van der Waals surface area (Å²) in [6.45, 7) is 4.01. The predicted octanol–water partition coefficient (Wildman–Crippen LogP) is 3.75. The molecule has 4 rings (SSSR count). The average molecular weight is 386 g/mol. The van der Waals surface area contributed by atoms with Crippen molar-refractivity contribution >= 4 is 11.6 Å². The van der Waals surface area contributed by atoms with Crippen LogP contribution in [0.4, 0.5) is 5.69 Å². The van der Waals surface area contributed by atoms with E-state index in [1.165, 1.54) is 25.7 Å². The van der Waals surface area contributed by atoms with Crippen LogP contribution in [0.5, 0.6) is 5.75 Å². The number of nitrogens with one attached hydrogen (secondary N) is 1. The van der Waals surface area contributed by atoms with Crippen molar-refractivity contribution in [3.63, 3.8) is 0 Å². The largest absolute Gasteiger partial charge is 0.497 e. The van der Waals surface area contributed by atoms with Gasteiger partial charge in [-0.25, -0.2) is 0 Å². The minimum Gasteiger partial charge on any atom is -0.497 e. The van der Waals surface area contributed by atoms with Crippen LogP contribution in [0.2, 0.25) is 0 Å². The third kappa shape index (κ3) is 4.62. The minimum absolute atomic E-state index is 0.229. The SMILES string of the molecule is COc1ccc(NC2CCC(C(=O)N3CCN(C4CCCC4)CC3)CC2)cc1. The third-order valence-electron chi connectivity index (χ3n) is 7.00. The summed E-state index contributed by atoms with van der Waals surface area (Å²) in [6.07, 6.45) is 9.66. The van der Waals surface area contributed by atoms with Crippen molar-refractivity contribution in [2.45, 2.75) is 63.5 Å². The summed E-state index contributed by atoms with van der Waals surface area (Å²) < 4.78 is 5.22. The van der Waals surface area contributed by atoms with Gasteiger partial charge < -0.3 is 15.0 Å². The van der Waals surface area contributed by atoms with Gasteiger partial charge in [0.05, 0.1) is 7.11 Å². The molecule has 154 valence electrons. The fourth-order valence-electron chi connectivity index (χ4n) is 5.24. The topological polar surface area (TPSA) is 44.8 Å². The number of rotatable bonds is 5. The highest BCUT2D eigenvalue weighted by atomic mass is 16.5. The average Bonchev–Trinajstić information content (AvgIpc) is 3.29. The minimum atomic E-state index is 0.229. The molecule has 28 heavy (non-hydrogen) atoms. The molecule has 0 spiro atoms. The zero-order chi connectivity index (χ0) is 19.3. The van der Waals surface area contributed by atoms with E-state index in [1.807, 2.05) is 12.1 Å². The molecule has 2 saturated carbocycles. The molecule has 5 nitrogen and oxygen atoms in total. The van der Waals surface area contributed by atoms with E-state index in [9.17, 15) is 4.79 Å². The first-order valence-electron chi connectivity index (χ1n) is 11.2. The van der Waals surface area contributed by atoms with Crippen LogP contribution >= 0.6 is 0 Å². The van der Waals surface area contributed by atoms with Crippen LogP contribution in [0.15, 0.2) is 24.3 Å². The Morgan fingerprint density at radius 1 is 0.929 bits per heavy atom. The van der Waals surface area contributed by atoms with Gasteiger partial charge in [0.25, 0.3) is 0 Å². The lowest BCUT2D eigenvalue weighted by Crippen LogP contribution is -2.53. The lowest BCUT2D eigenvalue weighted by atomic mass is 9.85. The van der Waals surface area contributed by atoms with Gasteiger partial charge in [0.2, 0.25) is 5.91 Å². The standard InChI is InChI=1S/C23H35N3O2/c1-28-22-12-10-20(11-13-22)24-19-8-6-18(7-9-19)23(27)26-16-14-25(15-17-26)21-4-2-3-5-21/h10-13,18-19,21,24H,2-9,14-17H2,1H3. The van der Waals surface area contributed by atoms with Gasteiger partial charge in [-0.3, -0.25) is 9.69 Å². The van der Waals surface area contributed by atoms with Crippen LogP contribution in [0, 0.1) is 5.92 Å². The van der Waals surface area contributed by atoms with Gasteiger partial charge in [0.1, 0.15) is 5.75 Å². The molecule has 3 aliphatic rings. The van der Waals surface area contributed by atoms with Crippen molar-refractivity contribution in [1.82, 2.24) is 9.80 Å². The Kier molecular flexibility index (Phi) is 6.40. The zero-order valence-electron chi connectivity index (χ0n) is 17.2. The number of hydrogen-bond donors (Lipinski definition) is 1. The first kappa shape index (κ1) is 19.6. The number of amides is 1. The van der Waals surface area contributed by atoms with Gasteiger partial charge in [0.15, 0.2) is 0 Å². The molecule has 1 amide bonds. The number of carbonyl (C=O) groups excluding carboxylic acids is 1. The highest BCUT2D eigenvalue weighted by molar-refractivity contribution is 5.79. The molecule has 1 aromatic rings. The van der Waals surface area contributed by atoms with Crippen LogP contribution in [0.1, 0.15) is 51.4 Å². The van der Waals surface area contributed by atoms with E-state index in [4.69, 9.17) is 4.74 Å². The Morgan fingerprint density at radius 2 is 1.57 bits per heavy atom. The quantitative estimate of drug-likeness (QED) is 0.838. The summed E-state index contributed by atoms with van der Waals surface area (Å²) in [5.41, 5.74) is 1.14. The van der Waals surface area contributed by atoms with Gasteiger partial charge in [-0.2, -0.15) is 0 Å². The van der Waals surface area contributed by atoms with E-state index in [0.29, 0.717) is 11.9 Å². The number of hydrogen-bond acceptors (Lipinski definition) is 4. The Morgan fingerprint density at radius 3 is 2.18 bits per heavy atom. The molecule has 1 aromatic carbocycles. The summed E-state index contributed by atoms with van der Waals surface area (Å²) in [7, 11) is 1.69. The van der Waals surface area contributed by atoms with E-state index < -0.39 is 0 Å². The van der Waals surface area contributed by atoms with E-state index in [-0.39, 0.29) is 5.92 Å². The van der Waals surface area contributed by atoms with Crippen molar-refractivity contribution in [3.8, 4) is 5.75 Å². The molecule has 0 aromatic heterocycles. The highest BCUT2D eigenvalue weighted by Crippen LogP contribution is 2.30. The van der Waals surface area contributed by atoms with E-state index >= 15 is 0 Å². The Hall–Kier alpha value is -1.75. The van der Waals surface area contributed by atoms with Crippen molar-refractivity contribution in [1.29, 1.82) is 0 Å². The Labute approximate surface area is 169 Å². The van der Waals surface area contributed by atoms with Crippen molar-refractivity contribution in [3.05, 3.63) is 24.3 Å². The predicted molar refractivity (Wildman–Crippen MR) is 113 cm³/mol. The maximum Gasteiger partial charge on any atom is 0.225 e. The summed E-state index contributed by atoms with van der Waals surface area (Å²) >= 11 is 0. The molecule has 0 radical (unpaired) electrons. The highest BCUT2D eigenvalue weighted by Gasteiger charge is 2.32. The van der Waals surface area contributed by atoms with Crippen LogP contribution in [0.3, 0.4) is 0 Å². The molecule has 1 heterocycles. The summed E-state index contributed by atoms with van der Waals surface area (Å²) in [4.78, 5) is 17.8. The number of methoxy groups -OCH3 is 1. The number of nitrogens with zero attached hydrogens (tertiary/aromatic N) is 2. The summed E-state index contributed by atoms with van der Waals surface area (Å²) in [5.74, 6) is 1.52. The second-order valence-corrected chi connectivity index (χ2v) is 8.72. The number of anilines is 1. The van der Waals surface area contributed by atoms with E-state index in [2.05, 4.69) is 27.2 Å². The molecule has 1 N–H and O–H groups in total. The van der Waals surface area contributed by atoms with Gasteiger partial charge >= 0.3 is 0 Å². The van der Waals surface area contributed by atoms with E-state index in [0.717, 1.165) is 69.3 Å². The third-order valence-corrected chi connectivity index (χ3v) is 7.00. The van der Waals surface area contributed by atoms with Gasteiger partial charge in [-0.15, -0.1) is 0 Å². The zero-order valence-corrected chi connectivity index (χ0v) is 17.2. The molecule has 1 aliphatic heterocycles.